The molecule has 0 saturated heterocycles. The number of carboxylic acids is 1. The predicted octanol–water partition coefficient (Wildman–Crippen LogP) is 1.90. The molecule has 0 unspecified atom stereocenters. The zero-order chi connectivity index (χ0) is 11.5. The van der Waals surface area contributed by atoms with Gasteiger partial charge in [-0.3, -0.25) is 9.48 Å². The van der Waals surface area contributed by atoms with E-state index in [0.29, 0.717) is 12.0 Å². The Bertz CT molecular complexity index is 405. The van der Waals surface area contributed by atoms with Gasteiger partial charge in [-0.2, -0.15) is 5.10 Å². The first kappa shape index (κ1) is 10.9. The monoisotopic (exact) mass is 222 g/mol. The lowest BCUT2D eigenvalue weighted by molar-refractivity contribution is 0.0688. The predicted molar refractivity (Wildman–Crippen MR) is 56.7 cm³/mol. The first-order chi connectivity index (χ1) is 7.72. The fourth-order valence-corrected chi connectivity index (χ4v) is 2.22. The molecular formula is C11H14N2O3. The van der Waals surface area contributed by atoms with Crippen LogP contribution in [0.25, 0.3) is 0 Å². The van der Waals surface area contributed by atoms with Crippen molar-refractivity contribution in [1.29, 1.82) is 0 Å². The highest BCUT2D eigenvalue weighted by Gasteiger charge is 2.21. The van der Waals surface area contributed by atoms with Crippen molar-refractivity contribution in [3.8, 4) is 0 Å². The van der Waals surface area contributed by atoms with Crippen molar-refractivity contribution in [2.45, 2.75) is 38.1 Å². The second-order valence-electron chi connectivity index (χ2n) is 4.11. The minimum atomic E-state index is -1.09. The van der Waals surface area contributed by atoms with Crippen LogP contribution in [0.15, 0.2) is 6.07 Å². The molecule has 2 rings (SSSR count). The first-order valence-corrected chi connectivity index (χ1v) is 5.50. The Morgan fingerprint density at radius 2 is 2.12 bits per heavy atom. The molecule has 0 amide bonds. The van der Waals surface area contributed by atoms with E-state index in [2.05, 4.69) is 5.10 Å². The normalized spacial score (nSPS) is 17.2. The van der Waals surface area contributed by atoms with Crippen LogP contribution >= 0.6 is 0 Å². The first-order valence-electron chi connectivity index (χ1n) is 5.50. The highest BCUT2D eigenvalue weighted by Crippen LogP contribution is 2.28. The summed E-state index contributed by atoms with van der Waals surface area (Å²) in [6.45, 7) is 0. The van der Waals surface area contributed by atoms with Crippen LogP contribution in [0.5, 0.6) is 0 Å². The number of aromatic nitrogens is 2. The maximum absolute atomic E-state index is 10.9. The summed E-state index contributed by atoms with van der Waals surface area (Å²) in [6.07, 6.45) is 6.06. The van der Waals surface area contributed by atoms with E-state index in [-0.39, 0.29) is 11.7 Å². The van der Waals surface area contributed by atoms with Gasteiger partial charge >= 0.3 is 5.97 Å². The van der Waals surface area contributed by atoms with Crippen LogP contribution in [0.3, 0.4) is 0 Å². The quantitative estimate of drug-likeness (QED) is 0.793. The molecular weight excluding hydrogens is 208 g/mol. The highest BCUT2D eigenvalue weighted by molar-refractivity contribution is 5.87. The number of aromatic carboxylic acids is 1. The molecule has 16 heavy (non-hydrogen) atoms. The van der Waals surface area contributed by atoms with Gasteiger partial charge in [-0.05, 0) is 12.8 Å². The summed E-state index contributed by atoms with van der Waals surface area (Å²) in [5.41, 5.74) is 0.317. The molecule has 1 heterocycles. The molecule has 1 aliphatic carbocycles. The smallest absolute Gasteiger partial charge is 0.356 e. The lowest BCUT2D eigenvalue weighted by atomic mass is 9.95. The van der Waals surface area contributed by atoms with Gasteiger partial charge in [0.15, 0.2) is 12.0 Å². The summed E-state index contributed by atoms with van der Waals surface area (Å²) in [6, 6.07) is 1.52. The number of hydrogen-bond donors (Lipinski definition) is 1. The SMILES string of the molecule is O=Cc1cc(C(=O)O)nn1C1CCCCC1. The van der Waals surface area contributed by atoms with Crippen molar-refractivity contribution in [1.82, 2.24) is 9.78 Å². The number of carbonyl (C=O) groups is 2. The third-order valence-electron chi connectivity index (χ3n) is 3.03. The number of hydrogen-bond acceptors (Lipinski definition) is 3. The van der Waals surface area contributed by atoms with E-state index in [1.807, 2.05) is 0 Å². The molecule has 1 N–H and O–H groups in total. The molecule has 1 aromatic heterocycles. The molecule has 5 nitrogen and oxygen atoms in total. The summed E-state index contributed by atoms with van der Waals surface area (Å²) in [4.78, 5) is 21.6. The average molecular weight is 222 g/mol. The molecule has 0 atom stereocenters. The zero-order valence-electron chi connectivity index (χ0n) is 8.93. The second kappa shape index (κ2) is 4.47. The minimum absolute atomic E-state index is 0.0485. The molecule has 0 spiro atoms. The van der Waals surface area contributed by atoms with Crippen LogP contribution in [0.1, 0.15) is 59.1 Å². The summed E-state index contributed by atoms with van der Waals surface area (Å²) < 4.78 is 1.58. The maximum atomic E-state index is 10.9. The van der Waals surface area contributed by atoms with Crippen molar-refractivity contribution in [2.24, 2.45) is 0 Å². The summed E-state index contributed by atoms with van der Waals surface area (Å²) in [5.74, 6) is -1.09. The summed E-state index contributed by atoms with van der Waals surface area (Å²) >= 11 is 0. The number of carboxylic acid groups (broad SMARTS) is 1. The molecule has 0 aromatic carbocycles. The van der Waals surface area contributed by atoms with Crippen molar-refractivity contribution in [2.75, 3.05) is 0 Å². The van der Waals surface area contributed by atoms with E-state index < -0.39 is 5.97 Å². The number of aldehydes is 1. The second-order valence-corrected chi connectivity index (χ2v) is 4.11. The summed E-state index contributed by atoms with van der Waals surface area (Å²) in [5, 5.41) is 12.8. The minimum Gasteiger partial charge on any atom is -0.476 e. The van der Waals surface area contributed by atoms with Crippen molar-refractivity contribution >= 4 is 12.3 Å². The van der Waals surface area contributed by atoms with Crippen LogP contribution < -0.4 is 0 Å². The van der Waals surface area contributed by atoms with Gasteiger partial charge in [0.1, 0.15) is 5.69 Å². The average Bonchev–Trinajstić information content (AvgIpc) is 2.74. The van der Waals surface area contributed by atoms with Crippen LogP contribution in [0, 0.1) is 0 Å². The Morgan fingerprint density at radius 3 is 2.69 bits per heavy atom. The highest BCUT2D eigenvalue weighted by atomic mass is 16.4. The number of rotatable bonds is 3. The molecule has 1 fully saturated rings. The van der Waals surface area contributed by atoms with E-state index >= 15 is 0 Å². The molecule has 0 aliphatic heterocycles. The van der Waals surface area contributed by atoms with Crippen LogP contribution in [0.4, 0.5) is 0 Å². The van der Waals surface area contributed by atoms with E-state index in [9.17, 15) is 9.59 Å². The molecule has 1 aliphatic rings. The molecule has 5 heteroatoms. The van der Waals surface area contributed by atoms with Gasteiger partial charge in [-0.25, -0.2) is 4.79 Å². The van der Waals surface area contributed by atoms with Crippen molar-refractivity contribution in [3.63, 3.8) is 0 Å². The molecule has 0 radical (unpaired) electrons. The molecule has 86 valence electrons. The standard InChI is InChI=1S/C11H14N2O3/c14-7-9-6-10(11(15)16)12-13(9)8-4-2-1-3-5-8/h6-8H,1-5H2,(H,15,16). The van der Waals surface area contributed by atoms with Crippen molar-refractivity contribution < 1.29 is 14.7 Å². The lowest BCUT2D eigenvalue weighted by Gasteiger charge is -2.22. The van der Waals surface area contributed by atoms with Gasteiger partial charge in [0, 0.05) is 6.07 Å². The zero-order valence-corrected chi connectivity index (χ0v) is 8.93. The topological polar surface area (TPSA) is 72.2 Å². The fraction of sp³-hybridized carbons (Fsp3) is 0.545. The largest absolute Gasteiger partial charge is 0.476 e. The lowest BCUT2D eigenvalue weighted by Crippen LogP contribution is -2.16. The van der Waals surface area contributed by atoms with Crippen LogP contribution in [0.2, 0.25) is 0 Å². The van der Waals surface area contributed by atoms with Gasteiger partial charge < -0.3 is 5.11 Å². The Kier molecular flexibility index (Phi) is 3.03. The Labute approximate surface area is 93.1 Å². The third kappa shape index (κ3) is 1.98. The Hall–Kier alpha value is -1.65. The van der Waals surface area contributed by atoms with Crippen molar-refractivity contribution in [3.05, 3.63) is 17.5 Å². The van der Waals surface area contributed by atoms with Crippen LogP contribution in [-0.4, -0.2) is 27.1 Å². The fourth-order valence-electron chi connectivity index (χ4n) is 2.22. The van der Waals surface area contributed by atoms with Gasteiger partial charge in [0.2, 0.25) is 0 Å². The van der Waals surface area contributed by atoms with Gasteiger partial charge in [-0.1, -0.05) is 19.3 Å². The van der Waals surface area contributed by atoms with E-state index in [1.54, 1.807) is 4.68 Å². The molecule has 0 bridgehead atoms. The van der Waals surface area contributed by atoms with Crippen LogP contribution in [-0.2, 0) is 0 Å². The van der Waals surface area contributed by atoms with Gasteiger partial charge in [0.25, 0.3) is 0 Å². The molecule has 1 aromatic rings. The van der Waals surface area contributed by atoms with E-state index in [4.69, 9.17) is 5.11 Å². The number of carbonyl (C=O) groups excluding carboxylic acids is 1. The van der Waals surface area contributed by atoms with Gasteiger partial charge in [-0.15, -0.1) is 0 Å². The van der Waals surface area contributed by atoms with E-state index in [1.165, 1.54) is 12.5 Å². The van der Waals surface area contributed by atoms with Gasteiger partial charge in [0.05, 0.1) is 6.04 Å². The number of nitrogens with zero attached hydrogens (tertiary/aromatic N) is 2. The Morgan fingerprint density at radius 1 is 1.44 bits per heavy atom. The van der Waals surface area contributed by atoms with E-state index in [0.717, 1.165) is 25.7 Å². The maximum Gasteiger partial charge on any atom is 0.356 e. The molecule has 1 saturated carbocycles. The third-order valence-corrected chi connectivity index (χ3v) is 3.03. The Balaban J connectivity index is 2.30. The summed E-state index contributed by atoms with van der Waals surface area (Å²) in [7, 11) is 0.